The van der Waals surface area contributed by atoms with Gasteiger partial charge in [0, 0.05) is 29.6 Å². The van der Waals surface area contributed by atoms with E-state index in [0.717, 1.165) is 10.7 Å². The number of nitrogens with one attached hydrogen (secondary N) is 1. The third-order valence-electron chi connectivity index (χ3n) is 3.72. The van der Waals surface area contributed by atoms with Crippen LogP contribution in [0, 0.1) is 12.7 Å². The number of rotatable bonds is 3. The molecule has 1 aromatic carbocycles. The molecule has 0 aliphatic heterocycles. The van der Waals surface area contributed by atoms with Gasteiger partial charge in [-0.15, -0.1) is 11.3 Å². The minimum absolute atomic E-state index is 0.204. The number of hydrogen-bond acceptors (Lipinski definition) is 4. The molecule has 4 rings (SSSR count). The van der Waals surface area contributed by atoms with Crippen molar-refractivity contribution in [1.82, 2.24) is 19.6 Å². The molecule has 0 spiro atoms. The van der Waals surface area contributed by atoms with Crippen molar-refractivity contribution in [3.05, 3.63) is 74.5 Å². The molecular weight excluding hydrogens is 327 g/mol. The van der Waals surface area contributed by atoms with Crippen molar-refractivity contribution in [2.45, 2.75) is 13.3 Å². The van der Waals surface area contributed by atoms with Gasteiger partial charge in [-0.2, -0.15) is 0 Å². The Morgan fingerprint density at radius 2 is 2.12 bits per heavy atom. The second-order valence-corrected chi connectivity index (χ2v) is 6.54. The first-order chi connectivity index (χ1) is 11.6. The molecule has 0 radical (unpaired) electrons. The van der Waals surface area contributed by atoms with Crippen LogP contribution >= 0.6 is 11.3 Å². The monoisotopic (exact) mass is 340 g/mol. The average Bonchev–Trinajstić information content (AvgIpc) is 3.14. The van der Waals surface area contributed by atoms with Gasteiger partial charge in [0.05, 0.1) is 16.4 Å². The molecule has 4 aromatic rings. The standard InChI is InChI=1S/C17H13FN4OS/c1-10-20-14(9-24-10)6-13-7-16(23)22-17(21-13)15(8-19-22)11-3-2-4-12(18)5-11/h2-5,7-9,19H,6H2,1H3. The predicted octanol–water partition coefficient (Wildman–Crippen LogP) is 3.18. The van der Waals surface area contributed by atoms with Gasteiger partial charge in [-0.3, -0.25) is 9.89 Å². The summed E-state index contributed by atoms with van der Waals surface area (Å²) in [7, 11) is 0. The van der Waals surface area contributed by atoms with Crippen LogP contribution in [0.2, 0.25) is 0 Å². The molecule has 0 amide bonds. The third-order valence-corrected chi connectivity index (χ3v) is 4.54. The molecule has 0 aliphatic rings. The van der Waals surface area contributed by atoms with Crippen molar-refractivity contribution in [2.75, 3.05) is 0 Å². The average molecular weight is 340 g/mol. The lowest BCUT2D eigenvalue weighted by Crippen LogP contribution is -2.15. The first-order valence-electron chi connectivity index (χ1n) is 7.37. The van der Waals surface area contributed by atoms with Gasteiger partial charge in [-0.25, -0.2) is 18.9 Å². The lowest BCUT2D eigenvalue weighted by Gasteiger charge is -2.02. The first kappa shape index (κ1) is 14.8. The summed E-state index contributed by atoms with van der Waals surface area (Å²) >= 11 is 1.56. The number of benzene rings is 1. The zero-order chi connectivity index (χ0) is 16.7. The molecule has 0 fully saturated rings. The van der Waals surface area contributed by atoms with Crippen molar-refractivity contribution in [3.63, 3.8) is 0 Å². The van der Waals surface area contributed by atoms with Gasteiger partial charge in [0.15, 0.2) is 5.65 Å². The number of hydrogen-bond donors (Lipinski definition) is 1. The molecule has 5 nitrogen and oxygen atoms in total. The zero-order valence-electron chi connectivity index (χ0n) is 12.8. The van der Waals surface area contributed by atoms with Crippen LogP contribution < -0.4 is 5.56 Å². The number of nitrogens with zero attached hydrogens (tertiary/aromatic N) is 3. The Balaban J connectivity index is 1.84. The molecule has 1 N–H and O–H groups in total. The largest absolute Gasteiger partial charge is 0.296 e. The van der Waals surface area contributed by atoms with E-state index in [1.54, 1.807) is 29.7 Å². The molecule has 0 unspecified atom stereocenters. The maximum Gasteiger partial charge on any atom is 0.272 e. The molecule has 24 heavy (non-hydrogen) atoms. The van der Waals surface area contributed by atoms with E-state index in [1.165, 1.54) is 22.7 Å². The summed E-state index contributed by atoms with van der Waals surface area (Å²) < 4.78 is 14.9. The van der Waals surface area contributed by atoms with Crippen LogP contribution in [0.5, 0.6) is 0 Å². The van der Waals surface area contributed by atoms with E-state index in [0.29, 0.717) is 28.9 Å². The van der Waals surface area contributed by atoms with Crippen LogP contribution in [-0.2, 0) is 6.42 Å². The van der Waals surface area contributed by atoms with E-state index in [4.69, 9.17) is 0 Å². The highest BCUT2D eigenvalue weighted by atomic mass is 32.1. The fourth-order valence-corrected chi connectivity index (χ4v) is 3.28. The van der Waals surface area contributed by atoms with Crippen molar-refractivity contribution in [3.8, 4) is 11.1 Å². The Bertz CT molecular complexity index is 1100. The van der Waals surface area contributed by atoms with Crippen LogP contribution in [0.1, 0.15) is 16.4 Å². The Kier molecular flexibility index (Phi) is 3.50. The van der Waals surface area contributed by atoms with E-state index < -0.39 is 0 Å². The highest BCUT2D eigenvalue weighted by Crippen LogP contribution is 2.23. The summed E-state index contributed by atoms with van der Waals surface area (Å²) in [6.07, 6.45) is 2.15. The van der Waals surface area contributed by atoms with E-state index in [1.807, 2.05) is 12.3 Å². The topological polar surface area (TPSA) is 63.1 Å². The lowest BCUT2D eigenvalue weighted by molar-refractivity contribution is 0.628. The van der Waals surface area contributed by atoms with Crippen molar-refractivity contribution >= 4 is 17.0 Å². The highest BCUT2D eigenvalue weighted by molar-refractivity contribution is 7.09. The summed E-state index contributed by atoms with van der Waals surface area (Å²) in [5.41, 5.74) is 3.16. The maximum atomic E-state index is 13.5. The van der Waals surface area contributed by atoms with Crippen LogP contribution in [0.15, 0.2) is 46.7 Å². The molecule has 0 aliphatic carbocycles. The Morgan fingerprint density at radius 3 is 2.88 bits per heavy atom. The molecule has 120 valence electrons. The highest BCUT2D eigenvalue weighted by Gasteiger charge is 2.12. The van der Waals surface area contributed by atoms with Crippen LogP contribution in [0.3, 0.4) is 0 Å². The minimum Gasteiger partial charge on any atom is -0.296 e. The number of fused-ring (bicyclic) bond motifs is 1. The predicted molar refractivity (Wildman–Crippen MR) is 90.9 cm³/mol. The van der Waals surface area contributed by atoms with Gasteiger partial charge in [0.1, 0.15) is 5.82 Å². The Morgan fingerprint density at radius 1 is 1.25 bits per heavy atom. The number of H-pyrrole nitrogens is 1. The summed E-state index contributed by atoms with van der Waals surface area (Å²) in [4.78, 5) is 21.3. The van der Waals surface area contributed by atoms with Crippen LogP contribution in [-0.4, -0.2) is 19.6 Å². The number of aromatic nitrogens is 4. The Hall–Kier alpha value is -2.80. The van der Waals surface area contributed by atoms with Crippen molar-refractivity contribution in [1.29, 1.82) is 0 Å². The van der Waals surface area contributed by atoms with E-state index in [-0.39, 0.29) is 11.4 Å². The number of thiazole rings is 1. The number of halogens is 1. The summed E-state index contributed by atoms with van der Waals surface area (Å²) in [5.74, 6) is -0.330. The molecule has 0 saturated heterocycles. The van der Waals surface area contributed by atoms with Crippen molar-refractivity contribution < 1.29 is 4.39 Å². The van der Waals surface area contributed by atoms with E-state index in [9.17, 15) is 9.18 Å². The minimum atomic E-state index is -0.330. The van der Waals surface area contributed by atoms with Crippen molar-refractivity contribution in [2.24, 2.45) is 0 Å². The summed E-state index contributed by atoms with van der Waals surface area (Å²) in [5, 5.41) is 5.81. The third kappa shape index (κ3) is 2.63. The second-order valence-electron chi connectivity index (χ2n) is 5.48. The lowest BCUT2D eigenvalue weighted by atomic mass is 10.1. The molecule has 0 saturated carbocycles. The fraction of sp³-hybridized carbons (Fsp3) is 0.118. The SMILES string of the molecule is Cc1nc(Cc2cc(=O)n3[nH]cc(-c4cccc(F)c4)c3n2)cs1. The van der Waals surface area contributed by atoms with Gasteiger partial charge in [0.25, 0.3) is 5.56 Å². The normalized spacial score (nSPS) is 11.2. The number of aromatic amines is 1. The molecule has 7 heteroatoms. The van der Waals surface area contributed by atoms with Gasteiger partial charge in [-0.1, -0.05) is 12.1 Å². The summed E-state index contributed by atoms with van der Waals surface area (Å²) in [6, 6.07) is 7.72. The quantitative estimate of drug-likeness (QED) is 0.623. The van der Waals surface area contributed by atoms with Gasteiger partial charge in [-0.05, 0) is 24.6 Å². The molecule has 0 atom stereocenters. The van der Waals surface area contributed by atoms with Crippen LogP contribution in [0.4, 0.5) is 4.39 Å². The second kappa shape index (κ2) is 5.68. The van der Waals surface area contributed by atoms with Gasteiger partial charge >= 0.3 is 0 Å². The van der Waals surface area contributed by atoms with E-state index >= 15 is 0 Å². The number of aryl methyl sites for hydroxylation is 1. The molecular formula is C17H13FN4OS. The molecule has 3 heterocycles. The Labute approximate surface area is 140 Å². The van der Waals surface area contributed by atoms with E-state index in [2.05, 4.69) is 15.1 Å². The van der Waals surface area contributed by atoms with Crippen LogP contribution in [0.25, 0.3) is 16.8 Å². The van der Waals surface area contributed by atoms with Gasteiger partial charge < -0.3 is 0 Å². The zero-order valence-corrected chi connectivity index (χ0v) is 13.6. The molecule has 3 aromatic heterocycles. The fourth-order valence-electron chi connectivity index (χ4n) is 2.66. The summed E-state index contributed by atoms with van der Waals surface area (Å²) in [6.45, 7) is 1.94. The van der Waals surface area contributed by atoms with Gasteiger partial charge in [0.2, 0.25) is 0 Å². The first-order valence-corrected chi connectivity index (χ1v) is 8.25. The smallest absolute Gasteiger partial charge is 0.272 e. The molecule has 0 bridgehead atoms. The maximum absolute atomic E-state index is 13.5.